The Morgan fingerprint density at radius 1 is 1.32 bits per heavy atom. The molecule has 0 atom stereocenters. The van der Waals surface area contributed by atoms with E-state index < -0.39 is 10.0 Å². The number of rotatable bonds is 5. The number of nitrogens with one attached hydrogen (secondary N) is 1. The molecule has 102 valence electrons. The quantitative estimate of drug-likeness (QED) is 0.848. The molecule has 0 aliphatic heterocycles. The van der Waals surface area contributed by atoms with Gasteiger partial charge in [0.15, 0.2) is 0 Å². The predicted molar refractivity (Wildman–Crippen MR) is 73.8 cm³/mol. The van der Waals surface area contributed by atoms with Gasteiger partial charge in [-0.2, -0.15) is 5.10 Å². The van der Waals surface area contributed by atoms with E-state index in [0.29, 0.717) is 17.9 Å². The van der Waals surface area contributed by atoms with Crippen molar-refractivity contribution in [2.45, 2.75) is 12.3 Å². The number of benzene rings is 1. The lowest BCUT2D eigenvalue weighted by Gasteiger charge is -2.08. The maximum absolute atomic E-state index is 12.0. The van der Waals surface area contributed by atoms with E-state index in [9.17, 15) is 8.42 Å². The molecular weight excluding hydrogens is 264 g/mol. The van der Waals surface area contributed by atoms with Crippen molar-refractivity contribution in [3.05, 3.63) is 47.7 Å². The summed E-state index contributed by atoms with van der Waals surface area (Å²) in [6, 6.07) is 8.83. The lowest BCUT2D eigenvalue weighted by atomic mass is 10.1. The van der Waals surface area contributed by atoms with Crippen LogP contribution in [-0.4, -0.2) is 18.2 Å². The monoisotopic (exact) mass is 280 g/mol. The molecule has 0 aliphatic carbocycles. The minimum absolute atomic E-state index is 0.0913. The molecule has 0 unspecified atom stereocenters. The van der Waals surface area contributed by atoms with Gasteiger partial charge in [0.05, 0.1) is 11.9 Å². The van der Waals surface area contributed by atoms with Crippen molar-refractivity contribution in [2.75, 3.05) is 4.72 Å². The summed E-state index contributed by atoms with van der Waals surface area (Å²) in [5.41, 5.74) is 7.15. The molecule has 0 amide bonds. The van der Waals surface area contributed by atoms with Gasteiger partial charge >= 0.3 is 0 Å². The molecule has 0 radical (unpaired) electrons. The minimum atomic E-state index is -3.46. The van der Waals surface area contributed by atoms with E-state index in [4.69, 9.17) is 5.73 Å². The normalized spacial score (nSPS) is 11.5. The Hall–Kier alpha value is -1.86. The van der Waals surface area contributed by atoms with Gasteiger partial charge in [0.2, 0.25) is 10.0 Å². The highest BCUT2D eigenvalue weighted by molar-refractivity contribution is 7.91. The highest BCUT2D eigenvalue weighted by Crippen LogP contribution is 2.12. The summed E-state index contributed by atoms with van der Waals surface area (Å²) in [4.78, 5) is 0. The number of anilines is 1. The van der Waals surface area contributed by atoms with Crippen LogP contribution in [0.4, 0.5) is 5.82 Å². The van der Waals surface area contributed by atoms with Crippen molar-refractivity contribution in [3.8, 4) is 0 Å². The molecule has 1 aromatic heterocycles. The zero-order valence-electron chi connectivity index (χ0n) is 10.6. The summed E-state index contributed by atoms with van der Waals surface area (Å²) in [5.74, 6) is 0.349. The average molecular weight is 280 g/mol. The first-order valence-electron chi connectivity index (χ1n) is 5.76. The number of nitrogens with two attached hydrogens (primary N) is 1. The van der Waals surface area contributed by atoms with Crippen LogP contribution in [-0.2, 0) is 29.4 Å². The van der Waals surface area contributed by atoms with E-state index in [0.717, 1.165) is 5.56 Å². The maximum Gasteiger partial charge on any atom is 0.238 e. The van der Waals surface area contributed by atoms with Gasteiger partial charge in [-0.25, -0.2) is 8.42 Å². The Morgan fingerprint density at radius 2 is 2.05 bits per heavy atom. The average Bonchev–Trinajstić information content (AvgIpc) is 2.74. The van der Waals surface area contributed by atoms with Gasteiger partial charge in [0.25, 0.3) is 0 Å². The smallest absolute Gasteiger partial charge is 0.238 e. The van der Waals surface area contributed by atoms with Gasteiger partial charge in [-0.3, -0.25) is 9.40 Å². The molecule has 0 bridgehead atoms. The Bertz CT molecular complexity index is 664. The van der Waals surface area contributed by atoms with Crippen LogP contribution >= 0.6 is 0 Å². The highest BCUT2D eigenvalue weighted by Gasteiger charge is 2.13. The predicted octanol–water partition coefficient (Wildman–Crippen LogP) is 0.821. The van der Waals surface area contributed by atoms with Crippen LogP contribution in [0.5, 0.6) is 0 Å². The molecule has 3 N–H and O–H groups in total. The molecule has 2 aromatic rings. The largest absolute Gasteiger partial charge is 0.326 e. The minimum Gasteiger partial charge on any atom is -0.326 e. The second-order valence-electron chi connectivity index (χ2n) is 4.23. The Morgan fingerprint density at radius 3 is 2.68 bits per heavy atom. The molecule has 0 saturated carbocycles. The third-order valence-electron chi connectivity index (χ3n) is 2.66. The van der Waals surface area contributed by atoms with Crippen molar-refractivity contribution in [2.24, 2.45) is 12.8 Å². The standard InChI is InChI=1S/C12H16N4O2S/c1-16-12(5-6-14-16)15-19(17,18)9-11-4-2-3-10(7-11)8-13/h2-7,15H,8-9,13H2,1H3. The molecule has 7 heteroatoms. The van der Waals surface area contributed by atoms with Gasteiger partial charge in [-0.05, 0) is 11.1 Å². The van der Waals surface area contributed by atoms with E-state index in [1.54, 1.807) is 31.3 Å². The Balaban J connectivity index is 2.15. The molecule has 6 nitrogen and oxygen atoms in total. The molecular formula is C12H16N4O2S. The van der Waals surface area contributed by atoms with Crippen molar-refractivity contribution in [1.29, 1.82) is 0 Å². The first kappa shape index (κ1) is 13.6. The third-order valence-corrected chi connectivity index (χ3v) is 3.90. The second kappa shape index (κ2) is 5.41. The van der Waals surface area contributed by atoms with Crippen LogP contribution in [0.1, 0.15) is 11.1 Å². The molecule has 1 aromatic carbocycles. The number of aromatic nitrogens is 2. The molecule has 0 aliphatic rings. The molecule has 1 heterocycles. The van der Waals surface area contributed by atoms with Gasteiger partial charge < -0.3 is 5.73 Å². The Kier molecular flexibility index (Phi) is 3.87. The summed E-state index contributed by atoms with van der Waals surface area (Å²) < 4.78 is 28.0. The second-order valence-corrected chi connectivity index (χ2v) is 5.95. The topological polar surface area (TPSA) is 90.0 Å². The fraction of sp³-hybridized carbons (Fsp3) is 0.250. The summed E-state index contributed by atoms with van der Waals surface area (Å²) in [7, 11) is -1.78. The zero-order chi connectivity index (χ0) is 13.9. The van der Waals surface area contributed by atoms with Crippen LogP contribution in [0.3, 0.4) is 0 Å². The summed E-state index contributed by atoms with van der Waals surface area (Å²) in [6.07, 6.45) is 1.53. The van der Waals surface area contributed by atoms with E-state index >= 15 is 0 Å². The zero-order valence-corrected chi connectivity index (χ0v) is 11.4. The van der Waals surface area contributed by atoms with E-state index in [-0.39, 0.29) is 5.75 Å². The first-order valence-corrected chi connectivity index (χ1v) is 7.42. The van der Waals surface area contributed by atoms with Crippen molar-refractivity contribution in [3.63, 3.8) is 0 Å². The number of hydrogen-bond donors (Lipinski definition) is 2. The van der Waals surface area contributed by atoms with Crippen molar-refractivity contribution < 1.29 is 8.42 Å². The fourth-order valence-electron chi connectivity index (χ4n) is 1.74. The number of sulfonamides is 1. The van der Waals surface area contributed by atoms with Crippen LogP contribution < -0.4 is 10.5 Å². The van der Waals surface area contributed by atoms with E-state index in [2.05, 4.69) is 9.82 Å². The van der Waals surface area contributed by atoms with E-state index in [1.807, 2.05) is 6.07 Å². The highest BCUT2D eigenvalue weighted by atomic mass is 32.2. The number of aryl methyl sites for hydroxylation is 1. The van der Waals surface area contributed by atoms with Crippen LogP contribution in [0.2, 0.25) is 0 Å². The number of nitrogens with zero attached hydrogens (tertiary/aromatic N) is 2. The molecule has 19 heavy (non-hydrogen) atoms. The van der Waals surface area contributed by atoms with Gasteiger partial charge in [0.1, 0.15) is 5.82 Å². The van der Waals surface area contributed by atoms with E-state index in [1.165, 1.54) is 10.9 Å². The molecule has 2 rings (SSSR count). The SMILES string of the molecule is Cn1nccc1NS(=O)(=O)Cc1cccc(CN)c1. The van der Waals surface area contributed by atoms with Crippen LogP contribution in [0.15, 0.2) is 36.5 Å². The van der Waals surface area contributed by atoms with Gasteiger partial charge in [0, 0.05) is 19.7 Å². The summed E-state index contributed by atoms with van der Waals surface area (Å²) in [6.45, 7) is 0.392. The van der Waals surface area contributed by atoms with Gasteiger partial charge in [-0.1, -0.05) is 24.3 Å². The fourth-order valence-corrected chi connectivity index (χ4v) is 2.94. The van der Waals surface area contributed by atoms with Crippen LogP contribution in [0.25, 0.3) is 0 Å². The third kappa shape index (κ3) is 3.55. The maximum atomic E-state index is 12.0. The first-order chi connectivity index (χ1) is 9.00. The lowest BCUT2D eigenvalue weighted by Crippen LogP contribution is -2.17. The summed E-state index contributed by atoms with van der Waals surface area (Å²) in [5, 5.41) is 3.91. The molecule has 0 fully saturated rings. The van der Waals surface area contributed by atoms with Crippen molar-refractivity contribution >= 4 is 15.8 Å². The Labute approximate surface area is 112 Å². The summed E-state index contributed by atoms with van der Waals surface area (Å²) >= 11 is 0. The van der Waals surface area contributed by atoms with Crippen molar-refractivity contribution in [1.82, 2.24) is 9.78 Å². The number of hydrogen-bond acceptors (Lipinski definition) is 4. The lowest BCUT2D eigenvalue weighted by molar-refractivity contribution is 0.599. The molecule has 0 saturated heterocycles. The van der Waals surface area contributed by atoms with Crippen LogP contribution in [0, 0.1) is 0 Å². The van der Waals surface area contributed by atoms with Gasteiger partial charge in [-0.15, -0.1) is 0 Å². The molecule has 0 spiro atoms.